The fraction of sp³-hybridized carbons (Fsp3) is 0. The van der Waals surface area contributed by atoms with Gasteiger partial charge in [-0.25, -0.2) is 0 Å². The summed E-state index contributed by atoms with van der Waals surface area (Å²) in [6.45, 7) is 0. The predicted octanol–water partition coefficient (Wildman–Crippen LogP) is 0.680. The Morgan fingerprint density at radius 1 is 0.565 bits per heavy atom. The van der Waals surface area contributed by atoms with Crippen molar-refractivity contribution in [2.45, 2.75) is 9.79 Å². The van der Waals surface area contributed by atoms with Crippen molar-refractivity contribution in [3.63, 3.8) is 0 Å². The van der Waals surface area contributed by atoms with Crippen LogP contribution in [0.3, 0.4) is 0 Å². The lowest BCUT2D eigenvalue weighted by molar-refractivity contribution is 0.380. The first-order valence-corrected chi connectivity index (χ1v) is 9.64. The molecule has 0 saturated heterocycles. The molecule has 0 fully saturated rings. The van der Waals surface area contributed by atoms with E-state index >= 15 is 0 Å². The Bertz CT molecular complexity index is 961. The summed E-state index contributed by atoms with van der Waals surface area (Å²) in [4.78, 5) is -0.690. The summed E-state index contributed by atoms with van der Waals surface area (Å²) < 4.78 is 93.1. The number of fused-ring (bicyclic) bond motifs is 1. The van der Waals surface area contributed by atoms with E-state index in [4.69, 9.17) is 26.6 Å². The molecule has 0 amide bonds. The van der Waals surface area contributed by atoms with Crippen LogP contribution in [0.2, 0.25) is 0 Å². The standard InChI is InChI=1S/C10H8O6S2.H2O4S/c11-17(12,13)9-3-1-7-2-4-10(18(14,15)16)6-8(7)5-9;1-5(2,3)4/h1-6H,(H,11,12,13)(H,14,15,16);(H2,1,2,3,4). The van der Waals surface area contributed by atoms with Crippen molar-refractivity contribution in [2.75, 3.05) is 0 Å². The Hall–Kier alpha value is -1.61. The van der Waals surface area contributed by atoms with Gasteiger partial charge in [0.15, 0.2) is 0 Å². The molecule has 0 aliphatic rings. The molecule has 2 aromatic carbocycles. The van der Waals surface area contributed by atoms with Gasteiger partial charge < -0.3 is 0 Å². The molecule has 13 heteroatoms. The normalized spacial score (nSPS) is 12.5. The first-order valence-electron chi connectivity index (χ1n) is 5.36. The average molecular weight is 386 g/mol. The lowest BCUT2D eigenvalue weighted by Gasteiger charge is -2.03. The van der Waals surface area contributed by atoms with Crippen molar-refractivity contribution in [3.8, 4) is 0 Å². The Morgan fingerprint density at radius 3 is 1.13 bits per heavy atom. The second-order valence-corrected chi connectivity index (χ2v) is 7.81. The summed E-state index contributed by atoms with van der Waals surface area (Å²) in [5.41, 5.74) is 0. The van der Waals surface area contributed by atoms with E-state index in [9.17, 15) is 16.8 Å². The molecule has 2 rings (SSSR count). The van der Waals surface area contributed by atoms with E-state index in [0.29, 0.717) is 5.39 Å². The van der Waals surface area contributed by atoms with E-state index in [-0.39, 0.29) is 15.2 Å². The van der Waals surface area contributed by atoms with Crippen molar-refractivity contribution in [1.29, 1.82) is 0 Å². The van der Waals surface area contributed by atoms with Crippen molar-refractivity contribution in [1.82, 2.24) is 0 Å². The van der Waals surface area contributed by atoms with Gasteiger partial charge in [-0.2, -0.15) is 25.3 Å². The van der Waals surface area contributed by atoms with E-state index in [1.807, 2.05) is 0 Å². The Labute approximate surface area is 131 Å². The molecule has 4 N–H and O–H groups in total. The SMILES string of the molecule is O=S(=O)(O)O.O=S(=O)(O)c1ccc2ccc(S(=O)(=O)O)cc2c1. The van der Waals surface area contributed by atoms with Gasteiger partial charge in [-0.3, -0.25) is 18.2 Å². The molecular formula is C10H10O10S3. The van der Waals surface area contributed by atoms with Crippen LogP contribution in [-0.4, -0.2) is 43.5 Å². The van der Waals surface area contributed by atoms with Gasteiger partial charge in [-0.15, -0.1) is 0 Å². The van der Waals surface area contributed by atoms with Crippen molar-refractivity contribution in [2.24, 2.45) is 0 Å². The molecule has 0 atom stereocenters. The summed E-state index contributed by atoms with van der Waals surface area (Å²) in [6, 6.07) is 7.49. The largest absolute Gasteiger partial charge is 0.394 e. The third-order valence-corrected chi connectivity index (χ3v) is 4.08. The van der Waals surface area contributed by atoms with Crippen molar-refractivity contribution < 1.29 is 43.5 Å². The molecule has 128 valence electrons. The average Bonchev–Trinajstić information content (AvgIpc) is 2.33. The third kappa shape index (κ3) is 6.57. The van der Waals surface area contributed by atoms with E-state index < -0.39 is 30.6 Å². The van der Waals surface area contributed by atoms with Crippen LogP contribution in [-0.2, 0) is 30.6 Å². The molecule has 23 heavy (non-hydrogen) atoms. The summed E-state index contributed by atoms with van der Waals surface area (Å²) in [5.74, 6) is 0. The monoisotopic (exact) mass is 386 g/mol. The van der Waals surface area contributed by atoms with Gasteiger partial charge >= 0.3 is 10.4 Å². The summed E-state index contributed by atoms with van der Waals surface area (Å²) in [7, 11) is -13.4. The summed E-state index contributed by atoms with van der Waals surface area (Å²) >= 11 is 0. The number of hydrogen-bond acceptors (Lipinski definition) is 6. The second-order valence-electron chi connectivity index (χ2n) is 4.07. The van der Waals surface area contributed by atoms with Crippen LogP contribution in [0.1, 0.15) is 0 Å². The highest BCUT2D eigenvalue weighted by Crippen LogP contribution is 2.22. The van der Waals surface area contributed by atoms with Gasteiger partial charge in [0.05, 0.1) is 9.79 Å². The topological polar surface area (TPSA) is 183 Å². The number of benzene rings is 2. The zero-order chi connectivity index (χ0) is 18.1. The second kappa shape index (κ2) is 6.48. The Kier molecular flexibility index (Phi) is 5.48. The maximum atomic E-state index is 10.9. The molecule has 0 unspecified atom stereocenters. The lowest BCUT2D eigenvalue weighted by Crippen LogP contribution is -1.99. The van der Waals surface area contributed by atoms with Crippen LogP contribution in [0.15, 0.2) is 46.2 Å². The minimum Gasteiger partial charge on any atom is -0.282 e. The molecule has 0 spiro atoms. The molecule has 0 aliphatic carbocycles. The predicted molar refractivity (Wildman–Crippen MR) is 77.8 cm³/mol. The minimum absolute atomic E-state index is 0.278. The maximum Gasteiger partial charge on any atom is 0.394 e. The van der Waals surface area contributed by atoms with Crippen molar-refractivity contribution in [3.05, 3.63) is 36.4 Å². The van der Waals surface area contributed by atoms with Crippen LogP contribution in [0.25, 0.3) is 10.8 Å². The number of hydrogen-bond donors (Lipinski definition) is 4. The quantitative estimate of drug-likeness (QED) is 0.535. The van der Waals surface area contributed by atoms with Gasteiger partial charge in [-0.1, -0.05) is 12.1 Å². The van der Waals surface area contributed by atoms with Gasteiger partial charge in [0.1, 0.15) is 0 Å². The first-order chi connectivity index (χ1) is 10.2. The molecule has 2 aromatic rings. The fourth-order valence-electron chi connectivity index (χ4n) is 1.52. The van der Waals surface area contributed by atoms with Crippen LogP contribution in [0, 0.1) is 0 Å². The first kappa shape index (κ1) is 19.4. The Morgan fingerprint density at radius 2 is 0.870 bits per heavy atom. The zero-order valence-electron chi connectivity index (χ0n) is 10.9. The van der Waals surface area contributed by atoms with Crippen molar-refractivity contribution >= 4 is 41.4 Å². The van der Waals surface area contributed by atoms with Gasteiger partial charge in [0.25, 0.3) is 20.2 Å². The van der Waals surface area contributed by atoms with Crippen LogP contribution >= 0.6 is 0 Å². The van der Waals surface area contributed by atoms with Gasteiger partial charge in [0, 0.05) is 0 Å². The molecule has 0 aromatic heterocycles. The fourth-order valence-corrected chi connectivity index (χ4v) is 2.56. The lowest BCUT2D eigenvalue weighted by atomic mass is 10.1. The third-order valence-electron chi connectivity index (χ3n) is 2.38. The zero-order valence-corrected chi connectivity index (χ0v) is 13.4. The van der Waals surface area contributed by atoms with E-state index in [1.54, 1.807) is 0 Å². The van der Waals surface area contributed by atoms with E-state index in [2.05, 4.69) is 0 Å². The summed E-state index contributed by atoms with van der Waals surface area (Å²) in [5, 5.41) is 0.857. The van der Waals surface area contributed by atoms with E-state index in [0.717, 1.165) is 12.1 Å². The number of rotatable bonds is 2. The van der Waals surface area contributed by atoms with E-state index in [1.165, 1.54) is 24.3 Å². The highest BCUT2D eigenvalue weighted by Gasteiger charge is 2.13. The summed E-state index contributed by atoms with van der Waals surface area (Å²) in [6.07, 6.45) is 0. The molecule has 0 aliphatic heterocycles. The minimum atomic E-state index is -4.67. The van der Waals surface area contributed by atoms with Gasteiger partial charge in [-0.05, 0) is 35.0 Å². The molecular weight excluding hydrogens is 376 g/mol. The molecule has 10 nitrogen and oxygen atoms in total. The highest BCUT2D eigenvalue weighted by molar-refractivity contribution is 7.86. The molecule has 0 bridgehead atoms. The van der Waals surface area contributed by atoms with Crippen LogP contribution in [0.5, 0.6) is 0 Å². The highest BCUT2D eigenvalue weighted by atomic mass is 32.3. The smallest absolute Gasteiger partial charge is 0.282 e. The Balaban J connectivity index is 0.000000463. The maximum absolute atomic E-state index is 10.9. The molecule has 0 saturated carbocycles. The van der Waals surface area contributed by atoms with Crippen LogP contribution < -0.4 is 0 Å². The van der Waals surface area contributed by atoms with Crippen LogP contribution in [0.4, 0.5) is 0 Å². The molecule has 0 heterocycles. The van der Waals surface area contributed by atoms with Gasteiger partial charge in [0.2, 0.25) is 0 Å². The molecule has 0 radical (unpaired) electrons.